The minimum atomic E-state index is -0.252. The van der Waals surface area contributed by atoms with Crippen LogP contribution in [0.15, 0.2) is 24.3 Å². The Kier molecular flexibility index (Phi) is 9.03. The number of unbranched alkanes of at least 4 members (excludes halogenated alkanes) is 4. The molecule has 1 N–H and O–H groups in total. The molecular weight excluding hydrogens is 290 g/mol. The minimum Gasteiger partial charge on any atom is -0.466 e. The van der Waals surface area contributed by atoms with Gasteiger partial charge in [0.15, 0.2) is 0 Å². The highest BCUT2D eigenvalue weighted by Crippen LogP contribution is 2.08. The second-order valence-electron chi connectivity index (χ2n) is 6.03. The molecule has 1 unspecified atom stereocenters. The number of carbonyl (C=O) groups excluding carboxylic acids is 2. The van der Waals surface area contributed by atoms with Crippen LogP contribution in [0.25, 0.3) is 0 Å². The summed E-state index contributed by atoms with van der Waals surface area (Å²) in [6.07, 6.45) is 5.84. The molecule has 4 heteroatoms. The standard InChI is InChI=1S/C19H29NO3/c1-4-5-6-7-10-13-23-18(21)14-16(3)20-19(22)17-12-9-8-11-15(17)2/h8-9,11-12,16H,4-7,10,13-14H2,1-3H3,(H,20,22). The first-order valence-electron chi connectivity index (χ1n) is 8.56. The van der Waals surface area contributed by atoms with E-state index >= 15 is 0 Å². The van der Waals surface area contributed by atoms with Gasteiger partial charge in [-0.05, 0) is 31.9 Å². The number of aryl methyl sites for hydroxylation is 1. The van der Waals surface area contributed by atoms with E-state index in [0.717, 1.165) is 18.4 Å². The lowest BCUT2D eigenvalue weighted by atomic mass is 10.1. The van der Waals surface area contributed by atoms with Crippen molar-refractivity contribution in [2.45, 2.75) is 65.3 Å². The van der Waals surface area contributed by atoms with Crippen LogP contribution in [0.2, 0.25) is 0 Å². The zero-order valence-electron chi connectivity index (χ0n) is 14.6. The van der Waals surface area contributed by atoms with E-state index in [1.807, 2.05) is 32.0 Å². The van der Waals surface area contributed by atoms with Crippen LogP contribution in [-0.2, 0) is 9.53 Å². The molecule has 0 spiro atoms. The normalized spacial score (nSPS) is 11.8. The van der Waals surface area contributed by atoms with Crippen molar-refractivity contribution < 1.29 is 14.3 Å². The third-order valence-electron chi connectivity index (χ3n) is 3.75. The SMILES string of the molecule is CCCCCCCOC(=O)CC(C)NC(=O)c1ccccc1C. The minimum absolute atomic E-state index is 0.150. The smallest absolute Gasteiger partial charge is 0.307 e. The molecule has 1 rings (SSSR count). The van der Waals surface area contributed by atoms with E-state index in [-0.39, 0.29) is 24.3 Å². The fourth-order valence-corrected chi connectivity index (χ4v) is 2.38. The Bertz CT molecular complexity index is 499. The van der Waals surface area contributed by atoms with Crippen molar-refractivity contribution in [2.24, 2.45) is 0 Å². The number of rotatable bonds is 10. The summed E-state index contributed by atoms with van der Waals surface area (Å²) in [4.78, 5) is 23.9. The summed E-state index contributed by atoms with van der Waals surface area (Å²) in [5.41, 5.74) is 1.57. The quantitative estimate of drug-likeness (QED) is 0.523. The summed E-state index contributed by atoms with van der Waals surface area (Å²) < 4.78 is 5.21. The molecule has 128 valence electrons. The van der Waals surface area contributed by atoms with Gasteiger partial charge in [0.1, 0.15) is 0 Å². The molecule has 1 aromatic rings. The molecule has 0 aliphatic rings. The first-order valence-corrected chi connectivity index (χ1v) is 8.56. The molecule has 0 radical (unpaired) electrons. The van der Waals surface area contributed by atoms with E-state index in [2.05, 4.69) is 12.2 Å². The van der Waals surface area contributed by atoms with Gasteiger partial charge in [-0.15, -0.1) is 0 Å². The molecule has 1 amide bonds. The van der Waals surface area contributed by atoms with Crippen LogP contribution in [0.1, 0.15) is 68.3 Å². The molecular formula is C19H29NO3. The summed E-state index contributed by atoms with van der Waals surface area (Å²) in [6, 6.07) is 7.17. The van der Waals surface area contributed by atoms with E-state index in [1.165, 1.54) is 19.3 Å². The average molecular weight is 319 g/mol. The highest BCUT2D eigenvalue weighted by atomic mass is 16.5. The predicted molar refractivity (Wildman–Crippen MR) is 92.4 cm³/mol. The second-order valence-corrected chi connectivity index (χ2v) is 6.03. The van der Waals surface area contributed by atoms with Gasteiger partial charge in [-0.2, -0.15) is 0 Å². The number of benzene rings is 1. The highest BCUT2D eigenvalue weighted by Gasteiger charge is 2.15. The van der Waals surface area contributed by atoms with Crippen LogP contribution in [-0.4, -0.2) is 24.5 Å². The van der Waals surface area contributed by atoms with Gasteiger partial charge >= 0.3 is 5.97 Å². The first-order chi connectivity index (χ1) is 11.0. The van der Waals surface area contributed by atoms with Crippen molar-refractivity contribution in [2.75, 3.05) is 6.61 Å². The van der Waals surface area contributed by atoms with Crippen LogP contribution in [0.4, 0.5) is 0 Å². The molecule has 1 aromatic carbocycles. The summed E-state index contributed by atoms with van der Waals surface area (Å²) in [6.45, 7) is 6.36. The van der Waals surface area contributed by atoms with Crippen LogP contribution in [0.3, 0.4) is 0 Å². The van der Waals surface area contributed by atoms with Gasteiger partial charge in [0.05, 0.1) is 13.0 Å². The second kappa shape index (κ2) is 10.8. The fraction of sp³-hybridized carbons (Fsp3) is 0.579. The van der Waals surface area contributed by atoms with E-state index in [0.29, 0.717) is 12.2 Å². The average Bonchev–Trinajstić information content (AvgIpc) is 2.50. The molecule has 0 saturated heterocycles. The predicted octanol–water partition coefficient (Wildman–Crippen LogP) is 4.02. The Balaban J connectivity index is 2.25. The number of esters is 1. The van der Waals surface area contributed by atoms with Crippen LogP contribution >= 0.6 is 0 Å². The maximum absolute atomic E-state index is 12.2. The van der Waals surface area contributed by atoms with Crippen molar-refractivity contribution in [3.05, 3.63) is 35.4 Å². The maximum atomic E-state index is 12.2. The van der Waals surface area contributed by atoms with Gasteiger partial charge in [-0.3, -0.25) is 9.59 Å². The summed E-state index contributed by atoms with van der Waals surface area (Å²) in [5, 5.41) is 2.85. The molecule has 0 fully saturated rings. The Labute approximate surface area is 139 Å². The molecule has 0 aromatic heterocycles. The maximum Gasteiger partial charge on any atom is 0.307 e. The zero-order chi connectivity index (χ0) is 17.1. The molecule has 0 bridgehead atoms. The van der Waals surface area contributed by atoms with Gasteiger partial charge in [0, 0.05) is 11.6 Å². The topological polar surface area (TPSA) is 55.4 Å². The molecule has 0 aliphatic carbocycles. The Hall–Kier alpha value is -1.84. The lowest BCUT2D eigenvalue weighted by molar-refractivity contribution is -0.144. The summed E-state index contributed by atoms with van der Waals surface area (Å²) >= 11 is 0. The van der Waals surface area contributed by atoms with Crippen LogP contribution < -0.4 is 5.32 Å². The number of hydrogen-bond donors (Lipinski definition) is 1. The Morgan fingerprint density at radius 2 is 1.83 bits per heavy atom. The van der Waals surface area contributed by atoms with Crippen molar-refractivity contribution in [1.82, 2.24) is 5.32 Å². The molecule has 1 atom stereocenters. The zero-order valence-corrected chi connectivity index (χ0v) is 14.6. The van der Waals surface area contributed by atoms with E-state index in [9.17, 15) is 9.59 Å². The van der Waals surface area contributed by atoms with E-state index in [4.69, 9.17) is 4.74 Å². The highest BCUT2D eigenvalue weighted by molar-refractivity contribution is 5.95. The summed E-state index contributed by atoms with van der Waals surface area (Å²) in [5.74, 6) is -0.402. The van der Waals surface area contributed by atoms with Crippen molar-refractivity contribution in [3.8, 4) is 0 Å². The Morgan fingerprint density at radius 3 is 2.52 bits per heavy atom. The van der Waals surface area contributed by atoms with Crippen molar-refractivity contribution in [3.63, 3.8) is 0 Å². The fourth-order valence-electron chi connectivity index (χ4n) is 2.38. The number of amides is 1. The molecule has 4 nitrogen and oxygen atoms in total. The number of nitrogens with one attached hydrogen (secondary N) is 1. The monoisotopic (exact) mass is 319 g/mol. The number of carbonyl (C=O) groups is 2. The van der Waals surface area contributed by atoms with E-state index < -0.39 is 0 Å². The lowest BCUT2D eigenvalue weighted by Gasteiger charge is -2.14. The van der Waals surface area contributed by atoms with Gasteiger partial charge in [-0.25, -0.2) is 0 Å². The molecule has 0 heterocycles. The van der Waals surface area contributed by atoms with Crippen LogP contribution in [0, 0.1) is 6.92 Å². The van der Waals surface area contributed by atoms with Crippen molar-refractivity contribution >= 4 is 11.9 Å². The van der Waals surface area contributed by atoms with Gasteiger partial charge < -0.3 is 10.1 Å². The number of hydrogen-bond acceptors (Lipinski definition) is 3. The van der Waals surface area contributed by atoms with E-state index in [1.54, 1.807) is 6.07 Å². The third-order valence-corrected chi connectivity index (χ3v) is 3.75. The Morgan fingerprint density at radius 1 is 1.13 bits per heavy atom. The lowest BCUT2D eigenvalue weighted by Crippen LogP contribution is -2.35. The van der Waals surface area contributed by atoms with Gasteiger partial charge in [-0.1, -0.05) is 50.8 Å². The summed E-state index contributed by atoms with van der Waals surface area (Å²) in [7, 11) is 0. The molecule has 0 saturated carbocycles. The molecule has 0 aliphatic heterocycles. The number of ether oxygens (including phenoxy) is 1. The van der Waals surface area contributed by atoms with Crippen molar-refractivity contribution in [1.29, 1.82) is 0 Å². The largest absolute Gasteiger partial charge is 0.466 e. The van der Waals surface area contributed by atoms with Gasteiger partial charge in [0.2, 0.25) is 0 Å². The molecule has 23 heavy (non-hydrogen) atoms. The van der Waals surface area contributed by atoms with Crippen LogP contribution in [0.5, 0.6) is 0 Å². The van der Waals surface area contributed by atoms with Gasteiger partial charge in [0.25, 0.3) is 5.91 Å². The third kappa shape index (κ3) is 7.82. The first kappa shape index (κ1) is 19.2.